The molecule has 0 radical (unpaired) electrons. The molecule has 114 valence electrons. The Labute approximate surface area is 100 Å². The van der Waals surface area contributed by atoms with Gasteiger partial charge in [-0.05, 0) is 0 Å². The predicted octanol–water partition coefficient (Wildman–Crippen LogP) is 2.54. The first kappa shape index (κ1) is 17.7. The minimum absolute atomic E-state index is 0.229. The van der Waals surface area contributed by atoms with Crippen LogP contribution >= 0.6 is 0 Å². The first-order valence-electron chi connectivity index (χ1n) is 4.00. The molecule has 0 bridgehead atoms. The largest absolute Gasteiger partial charge is 0.472 e. The van der Waals surface area contributed by atoms with Crippen molar-refractivity contribution in [2.45, 2.75) is 11.4 Å². The molecule has 0 saturated carbocycles. The minimum atomic E-state index is -6.92. The van der Waals surface area contributed by atoms with Crippen LogP contribution < -0.4 is 0 Å². The lowest BCUT2D eigenvalue weighted by molar-refractivity contribution is -0.242. The van der Waals surface area contributed by atoms with Gasteiger partial charge in [-0.1, -0.05) is 3.89 Å². The van der Waals surface area contributed by atoms with Crippen LogP contribution in [0.25, 0.3) is 0 Å². The minimum Gasteiger partial charge on any atom is -0.458 e. The van der Waals surface area contributed by atoms with Gasteiger partial charge in [0.1, 0.15) is 13.2 Å². The van der Waals surface area contributed by atoms with E-state index in [0.29, 0.717) is 0 Å². The van der Waals surface area contributed by atoms with E-state index in [1.165, 1.54) is 0 Å². The number of ether oxygens (including phenoxy) is 2. The van der Waals surface area contributed by atoms with Crippen molar-refractivity contribution in [1.82, 2.24) is 0 Å². The summed E-state index contributed by atoms with van der Waals surface area (Å²) < 4.78 is 116. The molecule has 0 aliphatic carbocycles. The van der Waals surface area contributed by atoms with Gasteiger partial charge in [0.2, 0.25) is 0 Å². The zero-order chi connectivity index (χ0) is 15.5. The van der Waals surface area contributed by atoms with Crippen LogP contribution in [0.4, 0.5) is 34.6 Å². The van der Waals surface area contributed by atoms with Crippen LogP contribution in [-0.4, -0.2) is 33.1 Å². The van der Waals surface area contributed by atoms with E-state index in [1.54, 1.807) is 0 Å². The third-order valence-corrected chi connectivity index (χ3v) is 2.18. The van der Waals surface area contributed by atoms with E-state index in [2.05, 4.69) is 9.47 Å². The highest BCUT2D eigenvalue weighted by atomic mass is 32.3. The van der Waals surface area contributed by atoms with Gasteiger partial charge < -0.3 is 9.47 Å². The Kier molecular flexibility index (Phi) is 5.41. The topological polar surface area (TPSA) is 52.6 Å². The van der Waals surface area contributed by atoms with E-state index in [0.717, 1.165) is 0 Å². The molecule has 0 N–H and O–H groups in total. The molecular weight excluding hydrogens is 320 g/mol. The molecule has 0 amide bonds. The number of rotatable bonds is 1. The Bertz CT molecular complexity index is 427. The standard InChI is InChI=1S/C4H4F2O2.C2F6O2S/c5-3(6)4-7-1-2-8-4;3-1(4,5)2(6,7)11(8,9)10/h1-2H2;. The highest BCUT2D eigenvalue weighted by Gasteiger charge is 2.68. The Morgan fingerprint density at radius 2 is 1.37 bits per heavy atom. The second kappa shape index (κ2) is 5.79. The van der Waals surface area contributed by atoms with Crippen molar-refractivity contribution in [2.75, 3.05) is 13.2 Å². The zero-order valence-corrected chi connectivity index (χ0v) is 9.30. The summed E-state index contributed by atoms with van der Waals surface area (Å²) in [7, 11) is -6.92. The second-order valence-corrected chi connectivity index (χ2v) is 4.09. The van der Waals surface area contributed by atoms with Crippen molar-refractivity contribution in [3.63, 3.8) is 0 Å². The molecule has 0 aromatic carbocycles. The summed E-state index contributed by atoms with van der Waals surface area (Å²) in [6.07, 6.45) is -8.30. The molecule has 1 aliphatic rings. The fourth-order valence-electron chi connectivity index (χ4n) is 0.558. The van der Waals surface area contributed by atoms with Crippen LogP contribution in [0.15, 0.2) is 12.0 Å². The molecule has 13 heteroatoms. The third-order valence-electron chi connectivity index (χ3n) is 1.34. The van der Waals surface area contributed by atoms with E-state index in [9.17, 15) is 34.6 Å². The molecule has 0 spiro atoms. The fraction of sp³-hybridized carbons (Fsp3) is 0.667. The van der Waals surface area contributed by atoms with Gasteiger partial charge in [-0.3, -0.25) is 0 Å². The third kappa shape index (κ3) is 4.72. The van der Waals surface area contributed by atoms with E-state index < -0.39 is 33.7 Å². The molecular formula is C6H4F8O4S. The van der Waals surface area contributed by atoms with Gasteiger partial charge in [0.25, 0.3) is 0 Å². The highest BCUT2D eigenvalue weighted by molar-refractivity contribution is 7.87. The van der Waals surface area contributed by atoms with Gasteiger partial charge in [-0.15, -0.1) is 0 Å². The lowest BCUT2D eigenvalue weighted by Gasteiger charge is -2.13. The number of hydrogen-bond donors (Lipinski definition) is 0. The molecule has 19 heavy (non-hydrogen) atoms. The first-order chi connectivity index (χ1) is 8.30. The predicted molar refractivity (Wildman–Crippen MR) is 42.2 cm³/mol. The smallest absolute Gasteiger partial charge is 0.458 e. The highest BCUT2D eigenvalue weighted by Crippen LogP contribution is 2.40. The lowest BCUT2D eigenvalue weighted by Crippen LogP contribution is -2.41. The van der Waals surface area contributed by atoms with Gasteiger partial charge in [0.05, 0.1) is 0 Å². The molecule has 0 unspecified atom stereocenters. The average Bonchev–Trinajstić information content (AvgIpc) is 2.67. The van der Waals surface area contributed by atoms with Crippen molar-refractivity contribution in [2.24, 2.45) is 0 Å². The molecule has 1 rings (SSSR count). The average molecular weight is 324 g/mol. The van der Waals surface area contributed by atoms with Gasteiger partial charge in [0.15, 0.2) is 0 Å². The molecule has 1 heterocycles. The fourth-order valence-corrected chi connectivity index (χ4v) is 0.834. The Balaban J connectivity index is 0.000000356. The lowest BCUT2D eigenvalue weighted by atomic mass is 10.7. The van der Waals surface area contributed by atoms with Crippen LogP contribution in [-0.2, 0) is 19.7 Å². The maximum Gasteiger partial charge on any atom is 0.472 e. The molecule has 1 saturated heterocycles. The monoisotopic (exact) mass is 324 g/mol. The summed E-state index contributed by atoms with van der Waals surface area (Å²) in [4.78, 5) is 0. The van der Waals surface area contributed by atoms with E-state index in [4.69, 9.17) is 8.42 Å². The van der Waals surface area contributed by atoms with Crippen molar-refractivity contribution in [1.29, 1.82) is 0 Å². The SMILES string of the molecule is FC(F)=C1OCCO1.O=S(=O)(F)C(F)(F)C(F)(F)F. The molecule has 0 aromatic heterocycles. The van der Waals surface area contributed by atoms with Crippen molar-refractivity contribution < 1.29 is 52.5 Å². The Morgan fingerprint density at radius 3 is 1.47 bits per heavy atom. The summed E-state index contributed by atoms with van der Waals surface area (Å²) in [5.41, 5.74) is 0. The molecule has 0 aromatic rings. The van der Waals surface area contributed by atoms with E-state index in [1.807, 2.05) is 0 Å². The first-order valence-corrected chi connectivity index (χ1v) is 5.38. The number of hydrogen-bond acceptors (Lipinski definition) is 4. The van der Waals surface area contributed by atoms with Crippen LogP contribution in [0.1, 0.15) is 0 Å². The Morgan fingerprint density at radius 1 is 1.00 bits per heavy atom. The quantitative estimate of drug-likeness (QED) is 0.549. The van der Waals surface area contributed by atoms with Gasteiger partial charge in [-0.25, -0.2) is 0 Å². The van der Waals surface area contributed by atoms with Gasteiger partial charge >= 0.3 is 33.7 Å². The van der Waals surface area contributed by atoms with E-state index in [-0.39, 0.29) is 13.2 Å². The molecule has 4 nitrogen and oxygen atoms in total. The van der Waals surface area contributed by atoms with Crippen LogP contribution in [0.3, 0.4) is 0 Å². The summed E-state index contributed by atoms with van der Waals surface area (Å²) in [5, 5.41) is -6.32. The number of halogens is 8. The summed E-state index contributed by atoms with van der Waals surface area (Å²) in [6.45, 7) is 0.458. The van der Waals surface area contributed by atoms with Crippen molar-refractivity contribution in [3.8, 4) is 0 Å². The summed E-state index contributed by atoms with van der Waals surface area (Å²) >= 11 is 0. The summed E-state index contributed by atoms with van der Waals surface area (Å²) in [6, 6.07) is 0. The van der Waals surface area contributed by atoms with Gasteiger partial charge in [0, 0.05) is 0 Å². The van der Waals surface area contributed by atoms with Crippen LogP contribution in [0.5, 0.6) is 0 Å². The van der Waals surface area contributed by atoms with E-state index >= 15 is 0 Å². The van der Waals surface area contributed by atoms with Gasteiger partial charge in [-0.2, -0.15) is 39.2 Å². The maximum atomic E-state index is 11.4. The maximum absolute atomic E-state index is 11.4. The van der Waals surface area contributed by atoms with Crippen molar-refractivity contribution in [3.05, 3.63) is 12.0 Å². The summed E-state index contributed by atoms with van der Waals surface area (Å²) in [5.74, 6) is -0.620. The zero-order valence-electron chi connectivity index (χ0n) is 8.48. The molecule has 1 fully saturated rings. The second-order valence-electron chi connectivity index (χ2n) is 2.70. The number of alkyl halides is 5. The van der Waals surface area contributed by atoms with Crippen molar-refractivity contribution >= 4 is 10.2 Å². The Hall–Kier alpha value is -1.27. The normalized spacial score (nSPS) is 16.1. The van der Waals surface area contributed by atoms with Crippen LogP contribution in [0, 0.1) is 0 Å². The van der Waals surface area contributed by atoms with Crippen LogP contribution in [0.2, 0.25) is 0 Å². The molecule has 0 atom stereocenters. The molecule has 1 aliphatic heterocycles.